The molecule has 0 aromatic heterocycles. The van der Waals surface area contributed by atoms with E-state index in [9.17, 15) is 4.39 Å². The summed E-state index contributed by atoms with van der Waals surface area (Å²) in [5, 5.41) is 0.651. The Balaban J connectivity index is 2.35. The van der Waals surface area contributed by atoms with Crippen molar-refractivity contribution in [1.29, 1.82) is 0 Å². The van der Waals surface area contributed by atoms with Crippen molar-refractivity contribution in [3.05, 3.63) is 29.6 Å². The van der Waals surface area contributed by atoms with Crippen LogP contribution in [-0.4, -0.2) is 24.3 Å². The molecule has 1 aromatic rings. The zero-order valence-corrected chi connectivity index (χ0v) is 13.6. The number of anilines is 1. The molecule has 2 nitrogen and oxygen atoms in total. The molecule has 4 heteroatoms. The highest BCUT2D eigenvalue weighted by molar-refractivity contribution is 9.08. The quantitative estimate of drug-likeness (QED) is 0.757. The van der Waals surface area contributed by atoms with Gasteiger partial charge in [0.15, 0.2) is 0 Å². The molecule has 0 N–H and O–H groups in total. The maximum Gasteiger partial charge on any atom is 0.123 e. The average molecular weight is 330 g/mol. The number of benzene rings is 1. The highest BCUT2D eigenvalue weighted by atomic mass is 79.9. The molecule has 1 fully saturated rings. The molecule has 2 rings (SSSR count). The van der Waals surface area contributed by atoms with Gasteiger partial charge in [0.25, 0.3) is 0 Å². The van der Waals surface area contributed by atoms with Crippen LogP contribution in [-0.2, 0) is 10.1 Å². The summed E-state index contributed by atoms with van der Waals surface area (Å²) in [5.41, 5.74) is 1.65. The van der Waals surface area contributed by atoms with Crippen molar-refractivity contribution < 1.29 is 9.13 Å². The van der Waals surface area contributed by atoms with Gasteiger partial charge in [-0.3, -0.25) is 0 Å². The third-order valence-corrected chi connectivity index (χ3v) is 3.83. The van der Waals surface area contributed by atoms with Gasteiger partial charge in [-0.05, 0) is 51.5 Å². The van der Waals surface area contributed by atoms with E-state index in [1.54, 1.807) is 6.07 Å². The van der Waals surface area contributed by atoms with Crippen LogP contribution in [0.2, 0.25) is 0 Å². The molecule has 106 valence electrons. The molecule has 0 aliphatic carbocycles. The Morgan fingerprint density at radius 1 is 1.21 bits per heavy atom. The van der Waals surface area contributed by atoms with Gasteiger partial charge in [-0.2, -0.15) is 0 Å². The van der Waals surface area contributed by atoms with E-state index in [4.69, 9.17) is 4.74 Å². The second kappa shape index (κ2) is 5.06. The molecule has 0 radical (unpaired) electrons. The predicted molar refractivity (Wildman–Crippen MR) is 80.5 cm³/mol. The fourth-order valence-electron chi connectivity index (χ4n) is 2.93. The Bertz CT molecular complexity index is 457. The Labute approximate surface area is 123 Å². The second-order valence-electron chi connectivity index (χ2n) is 6.38. The number of hydrogen-bond donors (Lipinski definition) is 0. The lowest BCUT2D eigenvalue weighted by Gasteiger charge is -2.48. The van der Waals surface area contributed by atoms with Gasteiger partial charge in [-0.1, -0.05) is 15.9 Å². The topological polar surface area (TPSA) is 12.5 Å². The van der Waals surface area contributed by atoms with Crippen LogP contribution < -0.4 is 4.90 Å². The standard InChI is InChI=1S/C15H21BrFNO/c1-14(2)9-18(10-15(3,4)19-14)13-6-5-12(17)7-11(13)8-16/h5-7H,8-10H2,1-4H3. The summed E-state index contributed by atoms with van der Waals surface area (Å²) in [5.74, 6) is -0.190. The number of halogens is 2. The fraction of sp³-hybridized carbons (Fsp3) is 0.600. The lowest BCUT2D eigenvalue weighted by molar-refractivity contribution is -0.133. The van der Waals surface area contributed by atoms with Crippen molar-refractivity contribution in [2.24, 2.45) is 0 Å². The van der Waals surface area contributed by atoms with Crippen LogP contribution in [0.4, 0.5) is 10.1 Å². The van der Waals surface area contributed by atoms with Crippen LogP contribution in [0.5, 0.6) is 0 Å². The summed E-state index contributed by atoms with van der Waals surface area (Å²) in [6, 6.07) is 4.99. The summed E-state index contributed by atoms with van der Waals surface area (Å²) < 4.78 is 19.4. The van der Waals surface area contributed by atoms with E-state index in [1.165, 1.54) is 6.07 Å². The van der Waals surface area contributed by atoms with Crippen molar-refractivity contribution in [2.75, 3.05) is 18.0 Å². The first kappa shape index (κ1) is 14.8. The van der Waals surface area contributed by atoms with Gasteiger partial charge in [0.1, 0.15) is 5.82 Å². The molecule has 1 aliphatic heterocycles. The zero-order chi connectivity index (χ0) is 14.3. The predicted octanol–water partition coefficient (Wildman–Crippen LogP) is 4.11. The maximum absolute atomic E-state index is 13.3. The highest BCUT2D eigenvalue weighted by Gasteiger charge is 2.38. The van der Waals surface area contributed by atoms with Crippen LogP contribution in [0.15, 0.2) is 18.2 Å². The first-order valence-electron chi connectivity index (χ1n) is 6.52. The van der Waals surface area contributed by atoms with Crippen molar-refractivity contribution in [3.8, 4) is 0 Å². The molecule has 0 atom stereocenters. The lowest BCUT2D eigenvalue weighted by atomic mass is 9.97. The third kappa shape index (κ3) is 3.48. The van der Waals surface area contributed by atoms with E-state index in [0.29, 0.717) is 5.33 Å². The normalized spacial score (nSPS) is 21.5. The molecule has 0 amide bonds. The number of hydrogen-bond acceptors (Lipinski definition) is 2. The summed E-state index contributed by atoms with van der Waals surface area (Å²) in [6.45, 7) is 10.00. The summed E-state index contributed by atoms with van der Waals surface area (Å²) >= 11 is 3.44. The average Bonchev–Trinajstić information content (AvgIpc) is 2.24. The van der Waals surface area contributed by atoms with Gasteiger partial charge in [0.2, 0.25) is 0 Å². The number of ether oxygens (including phenoxy) is 1. The third-order valence-electron chi connectivity index (χ3n) is 3.22. The molecule has 1 aromatic carbocycles. The molecule has 0 spiro atoms. The smallest absolute Gasteiger partial charge is 0.123 e. The molecule has 0 saturated carbocycles. The van der Waals surface area contributed by atoms with Crippen LogP contribution in [0, 0.1) is 5.82 Å². The molecule has 0 unspecified atom stereocenters. The molecule has 19 heavy (non-hydrogen) atoms. The summed E-state index contributed by atoms with van der Waals surface area (Å²) in [7, 11) is 0. The van der Waals surface area contributed by atoms with E-state index in [0.717, 1.165) is 24.3 Å². The molecule has 1 saturated heterocycles. The van der Waals surface area contributed by atoms with Crippen molar-refractivity contribution in [3.63, 3.8) is 0 Å². The highest BCUT2D eigenvalue weighted by Crippen LogP contribution is 2.33. The lowest BCUT2D eigenvalue weighted by Crippen LogP contribution is -2.57. The monoisotopic (exact) mass is 329 g/mol. The van der Waals surface area contributed by atoms with Gasteiger partial charge in [0.05, 0.1) is 11.2 Å². The Hall–Kier alpha value is -0.610. The number of nitrogens with zero attached hydrogens (tertiary/aromatic N) is 1. The Morgan fingerprint density at radius 2 is 1.79 bits per heavy atom. The van der Waals surface area contributed by atoms with Crippen LogP contribution in [0.1, 0.15) is 33.3 Å². The van der Waals surface area contributed by atoms with Crippen molar-refractivity contribution in [2.45, 2.75) is 44.2 Å². The molecular formula is C15H21BrFNO. The Kier molecular flexibility index (Phi) is 3.94. The van der Waals surface area contributed by atoms with E-state index < -0.39 is 0 Å². The minimum Gasteiger partial charge on any atom is -0.366 e. The first-order valence-corrected chi connectivity index (χ1v) is 7.64. The largest absolute Gasteiger partial charge is 0.366 e. The van der Waals surface area contributed by atoms with Crippen LogP contribution >= 0.6 is 15.9 Å². The SMILES string of the molecule is CC1(C)CN(c2ccc(F)cc2CBr)CC(C)(C)O1. The maximum atomic E-state index is 13.3. The van der Waals surface area contributed by atoms with Gasteiger partial charge >= 0.3 is 0 Å². The number of alkyl halides is 1. The van der Waals surface area contributed by atoms with Crippen molar-refractivity contribution in [1.82, 2.24) is 0 Å². The number of rotatable bonds is 2. The van der Waals surface area contributed by atoms with E-state index in [-0.39, 0.29) is 17.0 Å². The van der Waals surface area contributed by atoms with Crippen LogP contribution in [0.25, 0.3) is 0 Å². The van der Waals surface area contributed by atoms with Gasteiger partial charge in [0, 0.05) is 24.1 Å². The summed E-state index contributed by atoms with van der Waals surface area (Å²) in [6.07, 6.45) is 0. The van der Waals surface area contributed by atoms with E-state index >= 15 is 0 Å². The van der Waals surface area contributed by atoms with Gasteiger partial charge in [-0.25, -0.2) is 4.39 Å². The minimum atomic E-state index is -0.209. The second-order valence-corrected chi connectivity index (χ2v) is 6.94. The zero-order valence-electron chi connectivity index (χ0n) is 12.0. The molecule has 0 bridgehead atoms. The van der Waals surface area contributed by atoms with Crippen LogP contribution in [0.3, 0.4) is 0 Å². The Morgan fingerprint density at radius 3 is 2.32 bits per heavy atom. The summed E-state index contributed by atoms with van der Waals surface area (Å²) in [4.78, 5) is 2.29. The van der Waals surface area contributed by atoms with Gasteiger partial charge in [-0.15, -0.1) is 0 Å². The van der Waals surface area contributed by atoms with Crippen molar-refractivity contribution >= 4 is 21.6 Å². The molecule has 1 heterocycles. The van der Waals surface area contributed by atoms with E-state index in [1.807, 2.05) is 6.07 Å². The number of morpholine rings is 1. The molecular weight excluding hydrogens is 309 g/mol. The minimum absolute atomic E-state index is 0.190. The fourth-order valence-corrected chi connectivity index (χ4v) is 3.38. The molecule has 1 aliphatic rings. The first-order chi connectivity index (χ1) is 8.72. The van der Waals surface area contributed by atoms with E-state index in [2.05, 4.69) is 48.5 Å². The van der Waals surface area contributed by atoms with Gasteiger partial charge < -0.3 is 9.64 Å².